The first-order chi connectivity index (χ1) is 8.11. The van der Waals surface area contributed by atoms with Crippen LogP contribution in [-0.4, -0.2) is 48.8 Å². The van der Waals surface area contributed by atoms with E-state index in [0.717, 1.165) is 25.3 Å². The zero-order valence-electron chi connectivity index (χ0n) is 11.4. The van der Waals surface area contributed by atoms with Crippen LogP contribution in [0.5, 0.6) is 0 Å². The fourth-order valence-corrected chi connectivity index (χ4v) is 3.25. The van der Waals surface area contributed by atoms with Crippen LogP contribution in [0.2, 0.25) is 0 Å². The standard InChI is InChI=1S/C14H28N2O/c1-14(2,6-3-9-17)11-15-13-10-16-7-4-12(13)5-8-16/h12-13,15,17H,3-11H2,1-2H3. The quantitative estimate of drug-likeness (QED) is 0.738. The number of aliphatic hydroxyl groups excluding tert-OH is 1. The van der Waals surface area contributed by atoms with Gasteiger partial charge in [0, 0.05) is 25.7 Å². The van der Waals surface area contributed by atoms with Crippen LogP contribution in [0.4, 0.5) is 0 Å². The highest BCUT2D eigenvalue weighted by Gasteiger charge is 2.34. The summed E-state index contributed by atoms with van der Waals surface area (Å²) in [5.41, 5.74) is 0.314. The minimum absolute atomic E-state index is 0.314. The van der Waals surface area contributed by atoms with Crippen molar-refractivity contribution in [2.45, 2.75) is 45.6 Å². The molecular weight excluding hydrogens is 212 g/mol. The fourth-order valence-electron chi connectivity index (χ4n) is 3.25. The molecule has 2 bridgehead atoms. The smallest absolute Gasteiger partial charge is 0.0431 e. The summed E-state index contributed by atoms with van der Waals surface area (Å²) in [6.07, 6.45) is 4.80. The lowest BCUT2D eigenvalue weighted by Crippen LogP contribution is -2.57. The summed E-state index contributed by atoms with van der Waals surface area (Å²) in [5.74, 6) is 0.911. The molecule has 0 saturated carbocycles. The summed E-state index contributed by atoms with van der Waals surface area (Å²) < 4.78 is 0. The fraction of sp³-hybridized carbons (Fsp3) is 1.00. The average molecular weight is 240 g/mol. The number of hydrogen-bond donors (Lipinski definition) is 2. The van der Waals surface area contributed by atoms with Gasteiger partial charge in [-0.15, -0.1) is 0 Å². The van der Waals surface area contributed by atoms with Gasteiger partial charge in [-0.25, -0.2) is 0 Å². The molecule has 0 aromatic heterocycles. The number of rotatable bonds is 6. The van der Waals surface area contributed by atoms with Crippen LogP contribution in [0, 0.1) is 11.3 Å². The van der Waals surface area contributed by atoms with Crippen molar-refractivity contribution in [3.05, 3.63) is 0 Å². The van der Waals surface area contributed by atoms with Crippen molar-refractivity contribution in [3.63, 3.8) is 0 Å². The van der Waals surface area contributed by atoms with E-state index in [0.29, 0.717) is 18.1 Å². The largest absolute Gasteiger partial charge is 0.396 e. The molecule has 0 radical (unpaired) electrons. The van der Waals surface area contributed by atoms with Crippen LogP contribution in [0.25, 0.3) is 0 Å². The van der Waals surface area contributed by atoms with Crippen LogP contribution < -0.4 is 5.32 Å². The SMILES string of the molecule is CC(C)(CCCO)CNC1CN2CCC1CC2. The Bertz CT molecular complexity index is 234. The molecule has 0 aliphatic carbocycles. The van der Waals surface area contributed by atoms with Crippen molar-refractivity contribution in [3.8, 4) is 0 Å². The molecule has 0 amide bonds. The summed E-state index contributed by atoms with van der Waals surface area (Å²) in [6.45, 7) is 9.90. The van der Waals surface area contributed by atoms with Crippen LogP contribution in [0.1, 0.15) is 39.5 Å². The predicted octanol–water partition coefficient (Wildman–Crippen LogP) is 1.47. The Morgan fingerprint density at radius 2 is 2.00 bits per heavy atom. The number of aliphatic hydroxyl groups is 1. The van der Waals surface area contributed by atoms with Gasteiger partial charge in [0.05, 0.1) is 0 Å². The third-order valence-electron chi connectivity index (χ3n) is 4.51. The Hall–Kier alpha value is -0.120. The highest BCUT2D eigenvalue weighted by Crippen LogP contribution is 2.28. The molecule has 2 N–H and O–H groups in total. The second kappa shape index (κ2) is 5.68. The topological polar surface area (TPSA) is 35.5 Å². The molecule has 3 aliphatic heterocycles. The Labute approximate surface area is 106 Å². The van der Waals surface area contributed by atoms with Gasteiger partial charge in [0.15, 0.2) is 0 Å². The molecule has 3 nitrogen and oxygen atoms in total. The number of nitrogens with zero attached hydrogens (tertiary/aromatic N) is 1. The summed E-state index contributed by atoms with van der Waals surface area (Å²) >= 11 is 0. The zero-order chi connectivity index (χ0) is 12.3. The molecule has 0 spiro atoms. The highest BCUT2D eigenvalue weighted by molar-refractivity contribution is 4.91. The summed E-state index contributed by atoms with van der Waals surface area (Å²) in [4.78, 5) is 2.60. The van der Waals surface area contributed by atoms with E-state index in [1.807, 2.05) is 0 Å². The summed E-state index contributed by atoms with van der Waals surface area (Å²) in [7, 11) is 0. The summed E-state index contributed by atoms with van der Waals surface area (Å²) in [6, 6.07) is 0.714. The molecule has 100 valence electrons. The minimum Gasteiger partial charge on any atom is -0.396 e. The van der Waals surface area contributed by atoms with Crippen molar-refractivity contribution in [1.29, 1.82) is 0 Å². The molecule has 1 unspecified atom stereocenters. The molecule has 0 aromatic carbocycles. The predicted molar refractivity (Wildman–Crippen MR) is 71.1 cm³/mol. The molecule has 3 fully saturated rings. The maximum Gasteiger partial charge on any atom is 0.0431 e. The average Bonchev–Trinajstić information content (AvgIpc) is 2.36. The lowest BCUT2D eigenvalue weighted by Gasteiger charge is -2.46. The Kier molecular flexibility index (Phi) is 4.45. The maximum atomic E-state index is 8.91. The first-order valence-corrected chi connectivity index (χ1v) is 7.17. The molecule has 3 saturated heterocycles. The lowest BCUT2D eigenvalue weighted by atomic mass is 9.82. The molecule has 1 atom stereocenters. The third kappa shape index (κ3) is 3.67. The van der Waals surface area contributed by atoms with Gasteiger partial charge in [-0.1, -0.05) is 13.8 Å². The van der Waals surface area contributed by atoms with E-state index >= 15 is 0 Å². The molecule has 17 heavy (non-hydrogen) atoms. The molecule has 0 aromatic rings. The molecular formula is C14H28N2O. The van der Waals surface area contributed by atoms with Gasteiger partial charge in [0.1, 0.15) is 0 Å². The Balaban J connectivity index is 1.74. The van der Waals surface area contributed by atoms with Gasteiger partial charge in [-0.3, -0.25) is 0 Å². The third-order valence-corrected chi connectivity index (χ3v) is 4.51. The van der Waals surface area contributed by atoms with Crippen molar-refractivity contribution in [2.24, 2.45) is 11.3 Å². The number of fused-ring (bicyclic) bond motifs is 3. The van der Waals surface area contributed by atoms with E-state index in [1.54, 1.807) is 0 Å². The van der Waals surface area contributed by atoms with Gasteiger partial charge in [0.2, 0.25) is 0 Å². The van der Waals surface area contributed by atoms with Crippen LogP contribution in [0.3, 0.4) is 0 Å². The van der Waals surface area contributed by atoms with E-state index in [1.165, 1.54) is 32.5 Å². The zero-order valence-corrected chi connectivity index (χ0v) is 11.4. The summed E-state index contributed by atoms with van der Waals surface area (Å²) in [5, 5.41) is 12.7. The van der Waals surface area contributed by atoms with Crippen molar-refractivity contribution in [1.82, 2.24) is 10.2 Å². The van der Waals surface area contributed by atoms with Crippen LogP contribution >= 0.6 is 0 Å². The molecule has 3 rings (SSSR count). The molecule has 3 aliphatic rings. The molecule has 3 heteroatoms. The number of nitrogens with one attached hydrogen (secondary N) is 1. The van der Waals surface area contributed by atoms with E-state index in [4.69, 9.17) is 5.11 Å². The lowest BCUT2D eigenvalue weighted by molar-refractivity contribution is 0.0667. The maximum absolute atomic E-state index is 8.91. The van der Waals surface area contributed by atoms with E-state index < -0.39 is 0 Å². The van der Waals surface area contributed by atoms with Crippen molar-refractivity contribution < 1.29 is 5.11 Å². The van der Waals surface area contributed by atoms with E-state index in [9.17, 15) is 0 Å². The van der Waals surface area contributed by atoms with Crippen molar-refractivity contribution >= 4 is 0 Å². The van der Waals surface area contributed by atoms with Gasteiger partial charge in [-0.05, 0) is 50.1 Å². The van der Waals surface area contributed by atoms with Gasteiger partial charge in [0.25, 0.3) is 0 Å². The second-order valence-electron chi connectivity index (χ2n) is 6.62. The first kappa shape index (κ1) is 13.3. The van der Waals surface area contributed by atoms with E-state index in [-0.39, 0.29) is 0 Å². The van der Waals surface area contributed by atoms with Crippen LogP contribution in [0.15, 0.2) is 0 Å². The van der Waals surface area contributed by atoms with Gasteiger partial charge >= 0.3 is 0 Å². The number of hydrogen-bond acceptors (Lipinski definition) is 3. The highest BCUT2D eigenvalue weighted by atomic mass is 16.2. The first-order valence-electron chi connectivity index (χ1n) is 7.17. The van der Waals surface area contributed by atoms with Crippen molar-refractivity contribution in [2.75, 3.05) is 32.8 Å². The normalized spacial score (nSPS) is 33.0. The Morgan fingerprint density at radius 1 is 1.29 bits per heavy atom. The second-order valence-corrected chi connectivity index (χ2v) is 6.62. The number of piperidine rings is 3. The van der Waals surface area contributed by atoms with Gasteiger partial charge in [-0.2, -0.15) is 0 Å². The molecule has 3 heterocycles. The minimum atomic E-state index is 0.314. The van der Waals surface area contributed by atoms with Gasteiger partial charge < -0.3 is 15.3 Å². The Morgan fingerprint density at radius 3 is 2.53 bits per heavy atom. The van der Waals surface area contributed by atoms with Crippen LogP contribution in [-0.2, 0) is 0 Å². The monoisotopic (exact) mass is 240 g/mol. The van der Waals surface area contributed by atoms with E-state index in [2.05, 4.69) is 24.1 Å².